The van der Waals surface area contributed by atoms with Crippen molar-refractivity contribution in [2.75, 3.05) is 13.4 Å². The van der Waals surface area contributed by atoms with Gasteiger partial charge in [-0.05, 0) is 59.2 Å². The predicted molar refractivity (Wildman–Crippen MR) is 114 cm³/mol. The summed E-state index contributed by atoms with van der Waals surface area (Å²) >= 11 is 0. The zero-order valence-corrected chi connectivity index (χ0v) is 17.4. The van der Waals surface area contributed by atoms with E-state index in [0.717, 1.165) is 27.6 Å². The van der Waals surface area contributed by atoms with Crippen molar-refractivity contribution in [3.05, 3.63) is 71.8 Å². The first-order valence-electron chi connectivity index (χ1n) is 9.17. The van der Waals surface area contributed by atoms with Gasteiger partial charge in [-0.3, -0.25) is 0 Å². The highest BCUT2D eigenvalue weighted by Gasteiger charge is 2.12. The van der Waals surface area contributed by atoms with E-state index in [-0.39, 0.29) is 17.0 Å². The normalized spacial score (nSPS) is 12.4. The van der Waals surface area contributed by atoms with Crippen LogP contribution >= 0.6 is 0 Å². The van der Waals surface area contributed by atoms with Gasteiger partial charge in [-0.2, -0.15) is 0 Å². The molecule has 152 valence electrons. The number of amides is 2. The molecule has 3 aromatic rings. The van der Waals surface area contributed by atoms with Crippen LogP contribution in [-0.2, 0) is 16.4 Å². The Labute approximate surface area is 170 Å². The van der Waals surface area contributed by atoms with Gasteiger partial charge in [0.2, 0.25) is 0 Å². The molecular weight excluding hydrogens is 388 g/mol. The Bertz CT molecular complexity index is 1130. The molecule has 0 aliphatic carbocycles. The van der Waals surface area contributed by atoms with Gasteiger partial charge in [0.1, 0.15) is 5.75 Å². The lowest BCUT2D eigenvalue weighted by Gasteiger charge is -2.15. The summed E-state index contributed by atoms with van der Waals surface area (Å²) in [5, 5.41) is 7.86. The number of ether oxygens (including phenoxy) is 1. The second kappa shape index (κ2) is 8.53. The number of carbonyl (C=O) groups is 1. The molecule has 1 unspecified atom stereocenters. The number of benzene rings is 3. The lowest BCUT2D eigenvalue weighted by molar-refractivity contribution is 0.237. The van der Waals surface area contributed by atoms with Crippen molar-refractivity contribution >= 4 is 26.6 Å². The van der Waals surface area contributed by atoms with Crippen LogP contribution in [0, 0.1) is 0 Å². The molecular formula is C22H24N2O4S. The predicted octanol–water partition coefficient (Wildman–Crippen LogP) is 3.81. The van der Waals surface area contributed by atoms with Crippen molar-refractivity contribution in [3.8, 4) is 5.75 Å². The summed E-state index contributed by atoms with van der Waals surface area (Å²) < 4.78 is 28.3. The van der Waals surface area contributed by atoms with Crippen molar-refractivity contribution in [1.29, 1.82) is 0 Å². The Kier molecular flexibility index (Phi) is 6.08. The average Bonchev–Trinajstić information content (AvgIpc) is 2.71. The third-order valence-corrected chi connectivity index (χ3v) is 5.85. The van der Waals surface area contributed by atoms with E-state index in [1.165, 1.54) is 6.26 Å². The van der Waals surface area contributed by atoms with E-state index in [4.69, 9.17) is 4.74 Å². The molecule has 0 aliphatic rings. The maximum atomic E-state index is 12.2. The van der Waals surface area contributed by atoms with Crippen LogP contribution in [-0.4, -0.2) is 27.8 Å². The van der Waals surface area contributed by atoms with Crippen LogP contribution in [0.1, 0.15) is 24.1 Å². The smallest absolute Gasteiger partial charge is 0.315 e. The molecule has 0 saturated carbocycles. The van der Waals surface area contributed by atoms with Gasteiger partial charge in [0.05, 0.1) is 18.0 Å². The summed E-state index contributed by atoms with van der Waals surface area (Å²) in [4.78, 5) is 12.5. The number of methoxy groups -OCH3 is 1. The molecule has 0 heterocycles. The van der Waals surface area contributed by atoms with Crippen LogP contribution in [0.5, 0.6) is 5.75 Å². The van der Waals surface area contributed by atoms with Crippen molar-refractivity contribution in [1.82, 2.24) is 10.6 Å². The molecule has 3 rings (SSSR count). The molecule has 29 heavy (non-hydrogen) atoms. The van der Waals surface area contributed by atoms with Gasteiger partial charge in [0.15, 0.2) is 9.84 Å². The molecule has 0 spiro atoms. The van der Waals surface area contributed by atoms with E-state index < -0.39 is 9.84 Å². The Morgan fingerprint density at radius 1 is 1.00 bits per heavy atom. The van der Waals surface area contributed by atoms with Gasteiger partial charge < -0.3 is 15.4 Å². The SMILES string of the molecule is COc1ccc2cc(CNC(=O)NC(C)c3ccc(S(C)(=O)=O)cc3)ccc2c1. The van der Waals surface area contributed by atoms with Gasteiger partial charge in [0.25, 0.3) is 0 Å². The molecule has 2 amide bonds. The highest BCUT2D eigenvalue weighted by atomic mass is 32.2. The van der Waals surface area contributed by atoms with E-state index in [9.17, 15) is 13.2 Å². The highest BCUT2D eigenvalue weighted by molar-refractivity contribution is 7.90. The second-order valence-corrected chi connectivity index (χ2v) is 8.95. The van der Waals surface area contributed by atoms with Crippen LogP contribution in [0.4, 0.5) is 4.79 Å². The van der Waals surface area contributed by atoms with Crippen LogP contribution < -0.4 is 15.4 Å². The van der Waals surface area contributed by atoms with Crippen LogP contribution in [0.15, 0.2) is 65.6 Å². The molecule has 0 radical (unpaired) electrons. The fourth-order valence-electron chi connectivity index (χ4n) is 3.03. The van der Waals surface area contributed by atoms with E-state index in [0.29, 0.717) is 6.54 Å². The first-order valence-corrected chi connectivity index (χ1v) is 11.1. The maximum absolute atomic E-state index is 12.2. The molecule has 0 bridgehead atoms. The van der Waals surface area contributed by atoms with Gasteiger partial charge in [-0.1, -0.05) is 30.3 Å². The number of fused-ring (bicyclic) bond motifs is 1. The number of nitrogens with one attached hydrogen (secondary N) is 2. The molecule has 7 heteroatoms. The Morgan fingerprint density at radius 2 is 1.66 bits per heavy atom. The minimum absolute atomic E-state index is 0.256. The lowest BCUT2D eigenvalue weighted by Crippen LogP contribution is -2.36. The van der Waals surface area contributed by atoms with Gasteiger partial charge in [-0.25, -0.2) is 13.2 Å². The molecule has 1 atom stereocenters. The van der Waals surface area contributed by atoms with Crippen molar-refractivity contribution in [3.63, 3.8) is 0 Å². The van der Waals surface area contributed by atoms with Crippen molar-refractivity contribution < 1.29 is 17.9 Å². The van der Waals surface area contributed by atoms with Crippen LogP contribution in [0.25, 0.3) is 10.8 Å². The van der Waals surface area contributed by atoms with Crippen LogP contribution in [0.3, 0.4) is 0 Å². The molecule has 2 N–H and O–H groups in total. The quantitative estimate of drug-likeness (QED) is 0.645. The van der Waals surface area contributed by atoms with Crippen LogP contribution in [0.2, 0.25) is 0 Å². The fraction of sp³-hybridized carbons (Fsp3) is 0.227. The minimum Gasteiger partial charge on any atom is -0.497 e. The maximum Gasteiger partial charge on any atom is 0.315 e. The van der Waals surface area contributed by atoms with Crippen molar-refractivity contribution in [2.45, 2.75) is 24.4 Å². The number of urea groups is 1. The number of carbonyl (C=O) groups excluding carboxylic acids is 1. The summed E-state index contributed by atoms with van der Waals surface area (Å²) in [6, 6.07) is 17.8. The third kappa shape index (κ3) is 5.26. The van der Waals surface area contributed by atoms with Gasteiger partial charge in [0, 0.05) is 12.8 Å². The van der Waals surface area contributed by atoms with Crippen molar-refractivity contribution in [2.24, 2.45) is 0 Å². The monoisotopic (exact) mass is 412 g/mol. The summed E-state index contributed by atoms with van der Waals surface area (Å²) in [7, 11) is -1.60. The summed E-state index contributed by atoms with van der Waals surface area (Å²) in [5.74, 6) is 0.807. The highest BCUT2D eigenvalue weighted by Crippen LogP contribution is 2.22. The van der Waals surface area contributed by atoms with Gasteiger partial charge in [-0.15, -0.1) is 0 Å². The number of hydrogen-bond donors (Lipinski definition) is 2. The first-order chi connectivity index (χ1) is 13.8. The number of hydrogen-bond acceptors (Lipinski definition) is 4. The summed E-state index contributed by atoms with van der Waals surface area (Å²) in [6.07, 6.45) is 1.17. The topological polar surface area (TPSA) is 84.5 Å². The zero-order chi connectivity index (χ0) is 21.0. The fourth-order valence-corrected chi connectivity index (χ4v) is 3.66. The third-order valence-electron chi connectivity index (χ3n) is 4.72. The van der Waals surface area contributed by atoms with Gasteiger partial charge >= 0.3 is 6.03 Å². The second-order valence-electron chi connectivity index (χ2n) is 6.94. The van der Waals surface area contributed by atoms with E-state index in [2.05, 4.69) is 10.6 Å². The zero-order valence-electron chi connectivity index (χ0n) is 16.6. The lowest BCUT2D eigenvalue weighted by atomic mass is 10.1. The Hall–Kier alpha value is -3.06. The number of sulfone groups is 1. The Morgan fingerprint density at radius 3 is 2.31 bits per heavy atom. The molecule has 0 aliphatic heterocycles. The molecule has 3 aromatic carbocycles. The Balaban J connectivity index is 1.58. The largest absolute Gasteiger partial charge is 0.497 e. The summed E-state index contributed by atoms with van der Waals surface area (Å²) in [5.41, 5.74) is 1.81. The number of rotatable bonds is 6. The average molecular weight is 413 g/mol. The molecule has 0 saturated heterocycles. The van der Waals surface area contributed by atoms with E-state index in [1.54, 1.807) is 31.4 Å². The van der Waals surface area contributed by atoms with E-state index in [1.807, 2.05) is 43.3 Å². The molecule has 0 fully saturated rings. The molecule has 6 nitrogen and oxygen atoms in total. The first kappa shape index (κ1) is 20.7. The minimum atomic E-state index is -3.23. The van der Waals surface area contributed by atoms with E-state index >= 15 is 0 Å². The summed E-state index contributed by atoms with van der Waals surface area (Å²) in [6.45, 7) is 2.24. The standard InChI is InChI=1S/C22H24N2O4S/c1-15(17-7-10-21(11-8-17)29(3,26)27)24-22(25)23-14-16-4-5-19-13-20(28-2)9-6-18(19)12-16/h4-13,15H,14H2,1-3H3,(H2,23,24,25). The molecule has 0 aromatic heterocycles.